The van der Waals surface area contributed by atoms with Crippen molar-refractivity contribution in [2.75, 3.05) is 12.0 Å². The smallest absolute Gasteiger partial charge is 0.258 e. The maximum atomic E-state index is 12.2. The van der Waals surface area contributed by atoms with Gasteiger partial charge in [-0.25, -0.2) is 14.1 Å². The van der Waals surface area contributed by atoms with E-state index < -0.39 is 6.67 Å². The van der Waals surface area contributed by atoms with Gasteiger partial charge in [0.25, 0.3) is 5.91 Å². The molecule has 0 unspecified atom stereocenters. The van der Waals surface area contributed by atoms with Crippen molar-refractivity contribution < 1.29 is 9.18 Å². The Morgan fingerprint density at radius 1 is 1.23 bits per heavy atom. The Hall–Kier alpha value is -3.03. The quantitative estimate of drug-likeness (QED) is 0.777. The molecule has 0 aliphatic rings. The molecule has 2 heterocycles. The lowest BCUT2D eigenvalue weighted by atomic mass is 10.2. The van der Waals surface area contributed by atoms with Crippen LogP contribution in [0.2, 0.25) is 0 Å². The van der Waals surface area contributed by atoms with Crippen LogP contribution in [-0.4, -0.2) is 37.1 Å². The summed E-state index contributed by atoms with van der Waals surface area (Å²) in [5.41, 5.74) is 1.87. The number of hydrogen-bond donors (Lipinski definition) is 1. The summed E-state index contributed by atoms with van der Waals surface area (Å²) in [6, 6.07) is 7.16. The molecule has 22 heavy (non-hydrogen) atoms. The summed E-state index contributed by atoms with van der Waals surface area (Å²) in [5.74, 6) is -0.293. The number of amides is 1. The number of hydrogen-bond acceptors (Lipinski definition) is 4. The summed E-state index contributed by atoms with van der Waals surface area (Å²) in [7, 11) is 0. The summed E-state index contributed by atoms with van der Waals surface area (Å²) in [4.78, 5) is 15.9. The Kier molecular flexibility index (Phi) is 3.90. The topological polar surface area (TPSA) is 77.6 Å². The second-order valence-corrected chi connectivity index (χ2v) is 4.52. The fourth-order valence-electron chi connectivity index (χ4n) is 1.93. The van der Waals surface area contributed by atoms with Crippen LogP contribution in [0.1, 0.15) is 10.4 Å². The Balaban J connectivity index is 1.68. The molecular weight excluding hydrogens is 287 g/mol. The van der Waals surface area contributed by atoms with Gasteiger partial charge in [0.2, 0.25) is 0 Å². The number of halogens is 1. The number of rotatable bonds is 5. The molecule has 0 radical (unpaired) electrons. The first-order valence-electron chi connectivity index (χ1n) is 6.61. The number of aryl methyl sites for hydroxylation is 1. The van der Waals surface area contributed by atoms with E-state index in [0.717, 1.165) is 5.69 Å². The first kappa shape index (κ1) is 13.9. The largest absolute Gasteiger partial charge is 0.322 e. The maximum Gasteiger partial charge on any atom is 0.258 e. The van der Waals surface area contributed by atoms with E-state index >= 15 is 0 Å². The van der Waals surface area contributed by atoms with Gasteiger partial charge in [0, 0.05) is 11.9 Å². The second-order valence-electron chi connectivity index (χ2n) is 4.52. The molecule has 0 bridgehead atoms. The monoisotopic (exact) mass is 300 g/mol. The number of aromatic nitrogens is 5. The van der Waals surface area contributed by atoms with Crippen molar-refractivity contribution in [2.24, 2.45) is 0 Å². The van der Waals surface area contributed by atoms with Crippen LogP contribution >= 0.6 is 0 Å². The number of benzene rings is 1. The number of alkyl halides is 1. The molecule has 0 spiro atoms. The van der Waals surface area contributed by atoms with Crippen molar-refractivity contribution in [1.29, 1.82) is 0 Å². The average molecular weight is 300 g/mol. The van der Waals surface area contributed by atoms with Gasteiger partial charge in [0.05, 0.1) is 24.0 Å². The summed E-state index contributed by atoms with van der Waals surface area (Å²) < 4.78 is 15.2. The number of nitrogens with one attached hydrogen (secondary N) is 1. The fraction of sp³-hybridized carbons (Fsp3) is 0.143. The van der Waals surface area contributed by atoms with E-state index in [1.54, 1.807) is 23.1 Å². The summed E-state index contributed by atoms with van der Waals surface area (Å²) in [6.45, 7) is -0.383. The molecule has 0 aliphatic heterocycles. The molecule has 3 aromatic rings. The van der Waals surface area contributed by atoms with Crippen LogP contribution in [-0.2, 0) is 6.54 Å². The van der Waals surface area contributed by atoms with E-state index in [2.05, 4.69) is 20.5 Å². The minimum atomic E-state index is -0.521. The molecule has 0 saturated carbocycles. The highest BCUT2D eigenvalue weighted by atomic mass is 19.1. The molecule has 0 saturated heterocycles. The van der Waals surface area contributed by atoms with Crippen molar-refractivity contribution in [3.05, 3.63) is 54.9 Å². The average Bonchev–Trinajstić information content (AvgIpc) is 3.20. The van der Waals surface area contributed by atoms with Gasteiger partial charge < -0.3 is 5.32 Å². The van der Waals surface area contributed by atoms with Gasteiger partial charge in [0.15, 0.2) is 0 Å². The zero-order valence-corrected chi connectivity index (χ0v) is 11.6. The number of nitrogens with zero attached hydrogens (tertiary/aromatic N) is 5. The second kappa shape index (κ2) is 6.17. The van der Waals surface area contributed by atoms with Gasteiger partial charge >= 0.3 is 0 Å². The van der Waals surface area contributed by atoms with Gasteiger partial charge in [-0.05, 0) is 24.3 Å². The van der Waals surface area contributed by atoms with Gasteiger partial charge in [-0.2, -0.15) is 10.2 Å². The summed E-state index contributed by atoms with van der Waals surface area (Å²) in [6.07, 6.45) is 5.96. The Morgan fingerprint density at radius 2 is 2.05 bits per heavy atom. The molecule has 7 nitrogen and oxygen atoms in total. The molecule has 3 rings (SSSR count). The predicted molar refractivity (Wildman–Crippen MR) is 77.5 cm³/mol. The van der Waals surface area contributed by atoms with Crippen molar-refractivity contribution in [2.45, 2.75) is 6.54 Å². The minimum absolute atomic E-state index is 0.139. The first-order valence-corrected chi connectivity index (χ1v) is 6.61. The van der Waals surface area contributed by atoms with Crippen LogP contribution in [0.15, 0.2) is 49.3 Å². The maximum absolute atomic E-state index is 12.2. The molecule has 1 aromatic carbocycles. The van der Waals surface area contributed by atoms with Gasteiger partial charge in [-0.1, -0.05) is 0 Å². The number of carbonyl (C=O) groups is 1. The lowest BCUT2D eigenvalue weighted by Gasteiger charge is -2.05. The summed E-state index contributed by atoms with van der Waals surface area (Å²) >= 11 is 0. The van der Waals surface area contributed by atoms with Crippen LogP contribution < -0.4 is 5.32 Å². The number of anilines is 1. The van der Waals surface area contributed by atoms with Crippen LogP contribution in [0.5, 0.6) is 0 Å². The third-order valence-electron chi connectivity index (χ3n) is 3.02. The van der Waals surface area contributed by atoms with Crippen molar-refractivity contribution in [3.63, 3.8) is 0 Å². The molecule has 8 heteroatoms. The van der Waals surface area contributed by atoms with E-state index in [4.69, 9.17) is 0 Å². The highest BCUT2D eigenvalue weighted by molar-refractivity contribution is 6.03. The molecule has 112 valence electrons. The molecule has 0 aliphatic carbocycles. The van der Waals surface area contributed by atoms with E-state index in [1.807, 2.05) is 12.1 Å². The van der Waals surface area contributed by atoms with Crippen LogP contribution in [0, 0.1) is 0 Å². The fourth-order valence-corrected chi connectivity index (χ4v) is 1.93. The standard InChI is InChI=1S/C14H13FN6O/c15-5-6-20-8-11(7-17-20)14(22)19-12-1-3-13(4-2-12)21-10-16-9-18-21/h1-4,7-10H,5-6H2,(H,19,22). The third-order valence-corrected chi connectivity index (χ3v) is 3.02. The van der Waals surface area contributed by atoms with Crippen LogP contribution in [0.25, 0.3) is 5.69 Å². The van der Waals surface area contributed by atoms with E-state index in [9.17, 15) is 9.18 Å². The van der Waals surface area contributed by atoms with Crippen LogP contribution in [0.4, 0.5) is 10.1 Å². The summed E-state index contributed by atoms with van der Waals surface area (Å²) in [5, 5.41) is 10.7. The Labute approximate surface area is 125 Å². The molecule has 1 N–H and O–H groups in total. The van der Waals surface area contributed by atoms with Crippen molar-refractivity contribution >= 4 is 11.6 Å². The van der Waals surface area contributed by atoms with Crippen LogP contribution in [0.3, 0.4) is 0 Å². The SMILES string of the molecule is O=C(Nc1ccc(-n2cncn2)cc1)c1cnn(CCF)c1. The Morgan fingerprint density at radius 3 is 2.73 bits per heavy atom. The number of carbonyl (C=O) groups excluding carboxylic acids is 1. The van der Waals surface area contributed by atoms with Gasteiger partial charge in [-0.15, -0.1) is 0 Å². The van der Waals surface area contributed by atoms with E-state index in [0.29, 0.717) is 11.3 Å². The highest BCUT2D eigenvalue weighted by Crippen LogP contribution is 2.13. The van der Waals surface area contributed by atoms with E-state index in [1.165, 1.54) is 23.4 Å². The van der Waals surface area contributed by atoms with Gasteiger partial charge in [-0.3, -0.25) is 9.48 Å². The molecule has 0 fully saturated rings. The molecular formula is C14H13FN6O. The zero-order valence-electron chi connectivity index (χ0n) is 11.6. The lowest BCUT2D eigenvalue weighted by Crippen LogP contribution is -2.11. The first-order chi connectivity index (χ1) is 10.8. The molecule has 2 aromatic heterocycles. The normalized spacial score (nSPS) is 10.6. The molecule has 1 amide bonds. The lowest BCUT2D eigenvalue weighted by molar-refractivity contribution is 0.102. The zero-order chi connectivity index (χ0) is 15.4. The highest BCUT2D eigenvalue weighted by Gasteiger charge is 2.09. The van der Waals surface area contributed by atoms with Crippen molar-refractivity contribution in [3.8, 4) is 5.69 Å². The van der Waals surface area contributed by atoms with E-state index in [-0.39, 0.29) is 12.5 Å². The van der Waals surface area contributed by atoms with Gasteiger partial charge in [0.1, 0.15) is 19.3 Å². The van der Waals surface area contributed by atoms with Crippen molar-refractivity contribution in [1.82, 2.24) is 24.5 Å². The Bertz CT molecular complexity index is 750. The predicted octanol–water partition coefficient (Wildman–Crippen LogP) is 1.69. The minimum Gasteiger partial charge on any atom is -0.322 e. The molecule has 0 atom stereocenters. The third kappa shape index (κ3) is 3.00.